The summed E-state index contributed by atoms with van der Waals surface area (Å²) in [4.78, 5) is 0. The molecule has 0 saturated heterocycles. The Balaban J connectivity index is 2.94. The summed E-state index contributed by atoms with van der Waals surface area (Å²) < 4.78 is 36.1. The minimum atomic E-state index is -3.42. The maximum Gasteiger partial charge on any atom is 0.232 e. The van der Waals surface area contributed by atoms with E-state index in [1.165, 1.54) is 14.2 Å². The van der Waals surface area contributed by atoms with Crippen molar-refractivity contribution in [1.82, 2.24) is 0 Å². The molecule has 0 heterocycles. The molecule has 3 N–H and O–H groups in total. The molecule has 7 heteroatoms. The first-order valence-corrected chi connectivity index (χ1v) is 7.10. The predicted octanol–water partition coefficient (Wildman–Crippen LogP) is 0.794. The molecule has 0 aromatic heterocycles. The molecule has 0 spiro atoms. The van der Waals surface area contributed by atoms with Gasteiger partial charge in [0.05, 0.1) is 25.7 Å². The Kier molecular flexibility index (Phi) is 5.24. The van der Waals surface area contributed by atoms with Gasteiger partial charge in [0.15, 0.2) is 0 Å². The van der Waals surface area contributed by atoms with Gasteiger partial charge in [-0.25, -0.2) is 8.42 Å². The number of sulfonamides is 1. The van der Waals surface area contributed by atoms with E-state index >= 15 is 0 Å². The van der Waals surface area contributed by atoms with Crippen LogP contribution in [0.15, 0.2) is 18.2 Å². The van der Waals surface area contributed by atoms with Gasteiger partial charge in [0.25, 0.3) is 0 Å². The molecular weight excluding hydrogens is 256 g/mol. The largest absolute Gasteiger partial charge is 0.497 e. The fourth-order valence-corrected chi connectivity index (χ4v) is 2.53. The third-order valence-electron chi connectivity index (χ3n) is 2.29. The van der Waals surface area contributed by atoms with Gasteiger partial charge in [-0.2, -0.15) is 0 Å². The molecule has 0 aliphatic rings. The zero-order valence-electron chi connectivity index (χ0n) is 10.5. The molecule has 0 bridgehead atoms. The Hall–Kier alpha value is -1.47. The molecular formula is C11H18N2O4S. The third-order valence-corrected chi connectivity index (χ3v) is 3.65. The molecule has 0 atom stereocenters. The summed E-state index contributed by atoms with van der Waals surface area (Å²) in [5.74, 6) is 0.962. The Bertz CT molecular complexity index is 488. The summed E-state index contributed by atoms with van der Waals surface area (Å²) in [5, 5.41) is 0. The monoisotopic (exact) mass is 274 g/mol. The van der Waals surface area contributed by atoms with Crippen molar-refractivity contribution >= 4 is 15.7 Å². The minimum absolute atomic E-state index is 0.0239. The molecule has 1 aromatic rings. The first-order valence-electron chi connectivity index (χ1n) is 5.45. The van der Waals surface area contributed by atoms with Gasteiger partial charge in [-0.05, 0) is 25.1 Å². The average Bonchev–Trinajstić information content (AvgIpc) is 2.36. The van der Waals surface area contributed by atoms with Crippen LogP contribution in [0.4, 0.5) is 5.69 Å². The van der Waals surface area contributed by atoms with Gasteiger partial charge in [-0.15, -0.1) is 0 Å². The van der Waals surface area contributed by atoms with E-state index in [2.05, 4.69) is 4.72 Å². The van der Waals surface area contributed by atoms with Crippen LogP contribution in [0.1, 0.15) is 6.42 Å². The number of hydrogen-bond donors (Lipinski definition) is 2. The normalized spacial score (nSPS) is 11.1. The Morgan fingerprint density at radius 2 is 2.00 bits per heavy atom. The number of nitrogens with one attached hydrogen (secondary N) is 1. The number of anilines is 1. The highest BCUT2D eigenvalue weighted by Crippen LogP contribution is 2.29. The zero-order chi connectivity index (χ0) is 13.6. The van der Waals surface area contributed by atoms with Gasteiger partial charge in [0.2, 0.25) is 10.0 Å². The molecule has 102 valence electrons. The lowest BCUT2D eigenvalue weighted by molar-refractivity contribution is 0.405. The van der Waals surface area contributed by atoms with Crippen LogP contribution in [0.25, 0.3) is 0 Å². The van der Waals surface area contributed by atoms with Crippen molar-refractivity contribution in [2.45, 2.75) is 6.42 Å². The smallest absolute Gasteiger partial charge is 0.232 e. The Labute approximate surface area is 107 Å². The molecule has 0 fully saturated rings. The fraction of sp³-hybridized carbons (Fsp3) is 0.455. The second-order valence-electron chi connectivity index (χ2n) is 3.63. The maximum absolute atomic E-state index is 11.8. The van der Waals surface area contributed by atoms with E-state index in [9.17, 15) is 8.42 Å². The van der Waals surface area contributed by atoms with Crippen molar-refractivity contribution in [3.63, 3.8) is 0 Å². The molecule has 0 saturated carbocycles. The van der Waals surface area contributed by atoms with Gasteiger partial charge in [0.1, 0.15) is 11.5 Å². The number of ether oxygens (including phenoxy) is 2. The zero-order valence-corrected chi connectivity index (χ0v) is 11.3. The number of methoxy groups -OCH3 is 2. The molecule has 0 amide bonds. The van der Waals surface area contributed by atoms with Crippen molar-refractivity contribution in [3.05, 3.63) is 18.2 Å². The van der Waals surface area contributed by atoms with E-state index < -0.39 is 10.0 Å². The number of benzene rings is 1. The van der Waals surface area contributed by atoms with Crippen LogP contribution in [0.2, 0.25) is 0 Å². The number of rotatable bonds is 7. The summed E-state index contributed by atoms with van der Waals surface area (Å²) in [6.07, 6.45) is 0.404. The summed E-state index contributed by atoms with van der Waals surface area (Å²) >= 11 is 0. The SMILES string of the molecule is COc1ccc(OC)c(NS(=O)(=O)CCCN)c1. The molecule has 1 aromatic carbocycles. The number of nitrogens with two attached hydrogens (primary N) is 1. The molecule has 0 unspecified atom stereocenters. The first-order chi connectivity index (χ1) is 8.52. The van der Waals surface area contributed by atoms with Gasteiger partial charge >= 0.3 is 0 Å². The van der Waals surface area contributed by atoms with Crippen LogP contribution in [-0.4, -0.2) is 34.9 Å². The van der Waals surface area contributed by atoms with E-state index in [0.717, 1.165) is 0 Å². The van der Waals surface area contributed by atoms with Crippen LogP contribution in [0, 0.1) is 0 Å². The molecule has 0 radical (unpaired) electrons. The molecule has 1 rings (SSSR count). The van der Waals surface area contributed by atoms with E-state index in [0.29, 0.717) is 30.2 Å². The summed E-state index contributed by atoms with van der Waals surface area (Å²) in [5.41, 5.74) is 5.65. The average molecular weight is 274 g/mol. The van der Waals surface area contributed by atoms with Crippen molar-refractivity contribution in [3.8, 4) is 11.5 Å². The van der Waals surface area contributed by atoms with Crippen LogP contribution < -0.4 is 19.9 Å². The highest BCUT2D eigenvalue weighted by molar-refractivity contribution is 7.92. The quantitative estimate of drug-likeness (QED) is 0.767. The fourth-order valence-electron chi connectivity index (χ4n) is 1.39. The first kappa shape index (κ1) is 14.6. The van der Waals surface area contributed by atoms with Crippen LogP contribution in [0.5, 0.6) is 11.5 Å². The summed E-state index contributed by atoms with van der Waals surface area (Å²) in [6.45, 7) is 0.330. The van der Waals surface area contributed by atoms with Gasteiger partial charge in [-0.3, -0.25) is 4.72 Å². The van der Waals surface area contributed by atoms with Gasteiger partial charge in [-0.1, -0.05) is 0 Å². The van der Waals surface area contributed by atoms with Gasteiger partial charge < -0.3 is 15.2 Å². The van der Waals surface area contributed by atoms with E-state index in [1.807, 2.05) is 0 Å². The summed E-state index contributed by atoms with van der Waals surface area (Å²) in [6, 6.07) is 4.90. The lowest BCUT2D eigenvalue weighted by atomic mass is 10.3. The van der Waals surface area contributed by atoms with Crippen LogP contribution >= 0.6 is 0 Å². The second kappa shape index (κ2) is 6.46. The summed E-state index contributed by atoms with van der Waals surface area (Å²) in [7, 11) is -0.440. The Morgan fingerprint density at radius 3 is 2.56 bits per heavy atom. The minimum Gasteiger partial charge on any atom is -0.497 e. The van der Waals surface area contributed by atoms with Crippen molar-refractivity contribution in [2.24, 2.45) is 5.73 Å². The topological polar surface area (TPSA) is 90.6 Å². The third kappa shape index (κ3) is 4.08. The van der Waals surface area contributed by atoms with E-state index in [4.69, 9.17) is 15.2 Å². The molecule has 18 heavy (non-hydrogen) atoms. The Morgan fingerprint density at radius 1 is 1.28 bits per heavy atom. The molecule has 0 aliphatic carbocycles. The standard InChI is InChI=1S/C11H18N2O4S/c1-16-9-4-5-11(17-2)10(8-9)13-18(14,15)7-3-6-12/h4-5,8,13H,3,6-7,12H2,1-2H3. The number of hydrogen-bond acceptors (Lipinski definition) is 5. The highest BCUT2D eigenvalue weighted by atomic mass is 32.2. The lowest BCUT2D eigenvalue weighted by Gasteiger charge is -2.12. The van der Waals surface area contributed by atoms with Crippen molar-refractivity contribution in [1.29, 1.82) is 0 Å². The molecule has 6 nitrogen and oxygen atoms in total. The molecule has 0 aliphatic heterocycles. The van der Waals surface area contributed by atoms with Crippen molar-refractivity contribution < 1.29 is 17.9 Å². The van der Waals surface area contributed by atoms with E-state index in [1.54, 1.807) is 18.2 Å². The van der Waals surface area contributed by atoms with Crippen LogP contribution in [0.3, 0.4) is 0 Å². The second-order valence-corrected chi connectivity index (χ2v) is 5.47. The maximum atomic E-state index is 11.8. The van der Waals surface area contributed by atoms with Crippen LogP contribution in [-0.2, 0) is 10.0 Å². The predicted molar refractivity (Wildman–Crippen MR) is 70.6 cm³/mol. The van der Waals surface area contributed by atoms with Crippen molar-refractivity contribution in [2.75, 3.05) is 31.2 Å². The highest BCUT2D eigenvalue weighted by Gasteiger charge is 2.13. The van der Waals surface area contributed by atoms with Gasteiger partial charge in [0, 0.05) is 6.07 Å². The lowest BCUT2D eigenvalue weighted by Crippen LogP contribution is -2.19. The van der Waals surface area contributed by atoms with E-state index in [-0.39, 0.29) is 5.75 Å².